The summed E-state index contributed by atoms with van der Waals surface area (Å²) in [7, 11) is 0. The lowest BCUT2D eigenvalue weighted by Crippen LogP contribution is -2.07. The third-order valence-electron chi connectivity index (χ3n) is 2.45. The van der Waals surface area contributed by atoms with Crippen LogP contribution < -0.4 is 0 Å². The molecular weight excluding hydrogens is 200 g/mol. The van der Waals surface area contributed by atoms with Crippen molar-refractivity contribution in [1.29, 1.82) is 0 Å². The first kappa shape index (κ1) is 10.5. The fraction of sp³-hybridized carbons (Fsp3) is 0.154. The van der Waals surface area contributed by atoms with Crippen molar-refractivity contribution >= 4 is 5.78 Å². The van der Waals surface area contributed by atoms with Gasteiger partial charge in [-0.15, -0.1) is 5.10 Å². The molecule has 1 aromatic heterocycles. The second kappa shape index (κ2) is 4.66. The van der Waals surface area contributed by atoms with E-state index in [0.717, 1.165) is 12.0 Å². The van der Waals surface area contributed by atoms with Gasteiger partial charge in [0.15, 0.2) is 0 Å². The number of carbonyl (C=O) groups is 1. The molecule has 0 aliphatic carbocycles. The number of aromatic nitrogens is 2. The number of hydrogen-bond acceptors (Lipinski definition) is 3. The SMILES string of the molecule is CCc1ccccc1C(=O)c1cccnn1. The standard InChI is InChI=1S/C13H12N2O/c1-2-10-6-3-4-7-11(10)13(16)12-8-5-9-14-15-12/h3-9H,2H2,1H3. The lowest BCUT2D eigenvalue weighted by Gasteiger charge is -2.05. The third kappa shape index (κ3) is 1.98. The molecule has 0 unspecified atom stereocenters. The van der Waals surface area contributed by atoms with Crippen molar-refractivity contribution in [2.24, 2.45) is 0 Å². The van der Waals surface area contributed by atoms with Gasteiger partial charge in [0.2, 0.25) is 5.78 Å². The van der Waals surface area contributed by atoms with Crippen molar-refractivity contribution in [2.45, 2.75) is 13.3 Å². The molecular formula is C13H12N2O. The molecule has 0 fully saturated rings. The number of rotatable bonds is 3. The van der Waals surface area contributed by atoms with Crippen molar-refractivity contribution in [3.63, 3.8) is 0 Å². The van der Waals surface area contributed by atoms with E-state index >= 15 is 0 Å². The van der Waals surface area contributed by atoms with E-state index in [1.54, 1.807) is 18.3 Å². The highest BCUT2D eigenvalue weighted by Gasteiger charge is 2.13. The van der Waals surface area contributed by atoms with Crippen molar-refractivity contribution in [3.8, 4) is 0 Å². The second-order valence-electron chi connectivity index (χ2n) is 3.45. The summed E-state index contributed by atoms with van der Waals surface area (Å²) < 4.78 is 0. The monoisotopic (exact) mass is 212 g/mol. The normalized spacial score (nSPS) is 10.1. The van der Waals surface area contributed by atoms with Crippen molar-refractivity contribution in [1.82, 2.24) is 10.2 Å². The summed E-state index contributed by atoms with van der Waals surface area (Å²) in [5, 5.41) is 7.55. The molecule has 0 atom stereocenters. The maximum Gasteiger partial charge on any atom is 0.213 e. The molecule has 16 heavy (non-hydrogen) atoms. The van der Waals surface area contributed by atoms with Gasteiger partial charge in [-0.1, -0.05) is 31.2 Å². The Kier molecular flexibility index (Phi) is 3.05. The van der Waals surface area contributed by atoms with E-state index in [-0.39, 0.29) is 5.78 Å². The minimum Gasteiger partial charge on any atom is -0.287 e. The van der Waals surface area contributed by atoms with Crippen LogP contribution in [0.15, 0.2) is 42.6 Å². The van der Waals surface area contributed by atoms with Crippen LogP contribution in [0.25, 0.3) is 0 Å². The summed E-state index contributed by atoms with van der Waals surface area (Å²) in [5.41, 5.74) is 2.15. The van der Waals surface area contributed by atoms with Gasteiger partial charge in [0.1, 0.15) is 5.69 Å². The molecule has 2 aromatic rings. The highest BCUT2D eigenvalue weighted by atomic mass is 16.1. The Labute approximate surface area is 94.2 Å². The quantitative estimate of drug-likeness (QED) is 0.733. The van der Waals surface area contributed by atoms with Crippen LogP contribution in [0, 0.1) is 0 Å². The Morgan fingerprint density at radius 3 is 2.69 bits per heavy atom. The molecule has 2 rings (SSSR count). The Morgan fingerprint density at radius 2 is 2.00 bits per heavy atom. The van der Waals surface area contributed by atoms with Gasteiger partial charge in [0, 0.05) is 11.8 Å². The predicted octanol–water partition coefficient (Wildman–Crippen LogP) is 2.27. The lowest BCUT2D eigenvalue weighted by atomic mass is 10.00. The number of benzene rings is 1. The molecule has 0 spiro atoms. The molecule has 3 heteroatoms. The van der Waals surface area contributed by atoms with Crippen molar-refractivity contribution in [2.75, 3.05) is 0 Å². The van der Waals surface area contributed by atoms with Gasteiger partial charge < -0.3 is 0 Å². The van der Waals surface area contributed by atoms with Crippen LogP contribution in [-0.4, -0.2) is 16.0 Å². The number of hydrogen-bond donors (Lipinski definition) is 0. The van der Waals surface area contributed by atoms with Gasteiger partial charge in [-0.2, -0.15) is 5.10 Å². The first-order valence-electron chi connectivity index (χ1n) is 5.23. The largest absolute Gasteiger partial charge is 0.287 e. The van der Waals surface area contributed by atoms with E-state index in [0.29, 0.717) is 11.3 Å². The second-order valence-corrected chi connectivity index (χ2v) is 3.45. The van der Waals surface area contributed by atoms with Crippen LogP contribution in [0.5, 0.6) is 0 Å². The van der Waals surface area contributed by atoms with Crippen LogP contribution in [-0.2, 0) is 6.42 Å². The van der Waals surface area contributed by atoms with Gasteiger partial charge >= 0.3 is 0 Å². The molecule has 0 N–H and O–H groups in total. The third-order valence-corrected chi connectivity index (χ3v) is 2.45. The van der Waals surface area contributed by atoms with E-state index in [9.17, 15) is 4.79 Å². The predicted molar refractivity (Wildman–Crippen MR) is 61.3 cm³/mol. The molecule has 0 saturated heterocycles. The van der Waals surface area contributed by atoms with E-state index in [1.165, 1.54) is 0 Å². The average molecular weight is 212 g/mol. The topological polar surface area (TPSA) is 42.9 Å². The Bertz CT molecular complexity index is 494. The molecule has 0 saturated carbocycles. The fourth-order valence-corrected chi connectivity index (χ4v) is 1.61. The number of ketones is 1. The summed E-state index contributed by atoms with van der Waals surface area (Å²) in [4.78, 5) is 12.1. The average Bonchev–Trinajstić information content (AvgIpc) is 2.39. The zero-order valence-electron chi connectivity index (χ0n) is 9.05. The number of carbonyl (C=O) groups excluding carboxylic acids is 1. The number of aryl methyl sites for hydroxylation is 1. The van der Waals surface area contributed by atoms with Gasteiger partial charge in [-0.3, -0.25) is 4.79 Å². The molecule has 0 aliphatic rings. The van der Waals surface area contributed by atoms with Gasteiger partial charge in [0.25, 0.3) is 0 Å². The Balaban J connectivity index is 2.42. The Hall–Kier alpha value is -2.03. The molecule has 3 nitrogen and oxygen atoms in total. The van der Waals surface area contributed by atoms with E-state index in [4.69, 9.17) is 0 Å². The molecule has 0 amide bonds. The van der Waals surface area contributed by atoms with Crippen LogP contribution in [0.4, 0.5) is 0 Å². The first-order valence-corrected chi connectivity index (χ1v) is 5.23. The lowest BCUT2D eigenvalue weighted by molar-refractivity contribution is 0.103. The Morgan fingerprint density at radius 1 is 1.19 bits per heavy atom. The summed E-state index contributed by atoms with van der Waals surface area (Å²) in [5.74, 6) is -0.0643. The van der Waals surface area contributed by atoms with Crippen LogP contribution >= 0.6 is 0 Å². The fourth-order valence-electron chi connectivity index (χ4n) is 1.61. The highest BCUT2D eigenvalue weighted by molar-refractivity contribution is 6.08. The smallest absolute Gasteiger partial charge is 0.213 e. The van der Waals surface area contributed by atoms with Gasteiger partial charge in [-0.05, 0) is 24.1 Å². The molecule has 80 valence electrons. The van der Waals surface area contributed by atoms with Crippen LogP contribution in [0.2, 0.25) is 0 Å². The maximum absolute atomic E-state index is 12.1. The van der Waals surface area contributed by atoms with E-state index < -0.39 is 0 Å². The molecule has 0 radical (unpaired) electrons. The zero-order valence-corrected chi connectivity index (χ0v) is 9.05. The first-order chi connectivity index (χ1) is 7.83. The molecule has 1 heterocycles. The molecule has 1 aromatic carbocycles. The van der Waals surface area contributed by atoms with Gasteiger partial charge in [0.05, 0.1) is 0 Å². The highest BCUT2D eigenvalue weighted by Crippen LogP contribution is 2.13. The summed E-state index contributed by atoms with van der Waals surface area (Å²) in [6.07, 6.45) is 2.39. The van der Waals surface area contributed by atoms with E-state index in [1.807, 2.05) is 31.2 Å². The maximum atomic E-state index is 12.1. The van der Waals surface area contributed by atoms with Crippen LogP contribution in [0.1, 0.15) is 28.5 Å². The van der Waals surface area contributed by atoms with E-state index in [2.05, 4.69) is 10.2 Å². The summed E-state index contributed by atoms with van der Waals surface area (Å²) >= 11 is 0. The van der Waals surface area contributed by atoms with Gasteiger partial charge in [-0.25, -0.2) is 0 Å². The zero-order chi connectivity index (χ0) is 11.4. The van der Waals surface area contributed by atoms with Crippen molar-refractivity contribution in [3.05, 3.63) is 59.4 Å². The summed E-state index contributed by atoms with van der Waals surface area (Å²) in [6, 6.07) is 11.0. The minimum absolute atomic E-state index is 0.0643. The molecule has 0 aliphatic heterocycles. The molecule has 0 bridgehead atoms. The minimum atomic E-state index is -0.0643. The summed E-state index contributed by atoms with van der Waals surface area (Å²) in [6.45, 7) is 2.03. The van der Waals surface area contributed by atoms with Crippen molar-refractivity contribution < 1.29 is 4.79 Å². The van der Waals surface area contributed by atoms with Crippen LogP contribution in [0.3, 0.4) is 0 Å². The number of nitrogens with zero attached hydrogens (tertiary/aromatic N) is 2.